The summed E-state index contributed by atoms with van der Waals surface area (Å²) in [4.78, 5) is 14.6. The molecule has 1 unspecified atom stereocenters. The molecule has 1 aromatic heterocycles. The van der Waals surface area contributed by atoms with Crippen LogP contribution in [0, 0.1) is 5.92 Å². The maximum absolute atomic E-state index is 12.5. The van der Waals surface area contributed by atoms with E-state index in [4.69, 9.17) is 4.52 Å². The molecule has 1 saturated heterocycles. The number of benzene rings is 1. The van der Waals surface area contributed by atoms with Crippen molar-refractivity contribution < 1.29 is 17.7 Å². The first-order valence-electron chi connectivity index (χ1n) is 8.50. The number of nitrogens with zero attached hydrogens (tertiary/aromatic N) is 2. The molecule has 7 heteroatoms. The largest absolute Gasteiger partial charge is 0.355 e. The van der Waals surface area contributed by atoms with Crippen molar-refractivity contribution in [1.82, 2.24) is 10.1 Å². The van der Waals surface area contributed by atoms with Crippen LogP contribution in [0.1, 0.15) is 37.2 Å². The van der Waals surface area contributed by atoms with Gasteiger partial charge in [0.25, 0.3) is 5.91 Å². The highest BCUT2D eigenvalue weighted by molar-refractivity contribution is 7.91. The van der Waals surface area contributed by atoms with Gasteiger partial charge >= 0.3 is 0 Å². The van der Waals surface area contributed by atoms with E-state index in [1.165, 1.54) is 0 Å². The predicted octanol–water partition coefficient (Wildman–Crippen LogP) is 3.01. The molecule has 2 heterocycles. The summed E-state index contributed by atoms with van der Waals surface area (Å²) < 4.78 is 29.0. The molecule has 134 valence electrons. The lowest BCUT2D eigenvalue weighted by molar-refractivity contribution is 0.0672. The number of hydrogen-bond acceptors (Lipinski definition) is 5. The SMILES string of the molecule is CCS(=O)(=O)c1ccc(-c2cc(C(=O)N3CCCC(C)C3)no2)cc1. The molecule has 0 N–H and O–H groups in total. The van der Waals surface area contributed by atoms with Crippen molar-refractivity contribution in [2.45, 2.75) is 31.6 Å². The van der Waals surface area contributed by atoms with Gasteiger partial charge in [-0.05, 0) is 43.0 Å². The third-order valence-electron chi connectivity index (χ3n) is 4.55. The molecular formula is C18H22N2O4S. The van der Waals surface area contributed by atoms with E-state index in [2.05, 4.69) is 12.1 Å². The molecule has 1 aliphatic rings. The van der Waals surface area contributed by atoms with Crippen molar-refractivity contribution >= 4 is 15.7 Å². The molecule has 1 amide bonds. The second-order valence-electron chi connectivity index (χ2n) is 6.50. The van der Waals surface area contributed by atoms with Gasteiger partial charge in [0.1, 0.15) is 0 Å². The zero-order chi connectivity index (χ0) is 18.0. The highest BCUT2D eigenvalue weighted by Crippen LogP contribution is 2.24. The summed E-state index contributed by atoms with van der Waals surface area (Å²) >= 11 is 0. The zero-order valence-electron chi connectivity index (χ0n) is 14.4. The van der Waals surface area contributed by atoms with Gasteiger partial charge in [0.2, 0.25) is 0 Å². The van der Waals surface area contributed by atoms with Crippen LogP contribution in [-0.2, 0) is 9.84 Å². The molecule has 0 spiro atoms. The van der Waals surface area contributed by atoms with Gasteiger partial charge < -0.3 is 9.42 Å². The molecular weight excluding hydrogens is 340 g/mol. The Balaban J connectivity index is 1.78. The Morgan fingerprint density at radius 3 is 2.68 bits per heavy atom. The second kappa shape index (κ2) is 7.00. The molecule has 0 bridgehead atoms. The maximum atomic E-state index is 12.5. The van der Waals surface area contributed by atoms with E-state index < -0.39 is 9.84 Å². The predicted molar refractivity (Wildman–Crippen MR) is 94.0 cm³/mol. The number of piperidine rings is 1. The number of carbonyl (C=O) groups is 1. The molecule has 3 rings (SSSR count). The van der Waals surface area contributed by atoms with Gasteiger partial charge in [-0.15, -0.1) is 0 Å². The van der Waals surface area contributed by atoms with Crippen LogP contribution in [0.25, 0.3) is 11.3 Å². The third kappa shape index (κ3) is 3.76. The van der Waals surface area contributed by atoms with E-state index in [0.29, 0.717) is 17.2 Å². The summed E-state index contributed by atoms with van der Waals surface area (Å²) in [5.41, 5.74) is 0.975. The lowest BCUT2D eigenvalue weighted by Gasteiger charge is -2.30. The summed E-state index contributed by atoms with van der Waals surface area (Å²) in [6.07, 6.45) is 2.14. The van der Waals surface area contributed by atoms with E-state index in [1.54, 1.807) is 37.3 Å². The molecule has 1 fully saturated rings. The fourth-order valence-electron chi connectivity index (χ4n) is 3.04. The molecule has 0 radical (unpaired) electrons. The fraction of sp³-hybridized carbons (Fsp3) is 0.444. The number of aromatic nitrogens is 1. The van der Waals surface area contributed by atoms with Crippen LogP contribution in [-0.4, -0.2) is 43.2 Å². The Morgan fingerprint density at radius 2 is 2.04 bits per heavy atom. The Kier molecular flexibility index (Phi) is 4.94. The monoisotopic (exact) mass is 362 g/mol. The minimum atomic E-state index is -3.23. The quantitative estimate of drug-likeness (QED) is 0.835. The van der Waals surface area contributed by atoms with Gasteiger partial charge in [-0.3, -0.25) is 4.79 Å². The van der Waals surface area contributed by atoms with Crippen molar-refractivity contribution in [2.24, 2.45) is 5.92 Å². The van der Waals surface area contributed by atoms with Gasteiger partial charge in [-0.2, -0.15) is 0 Å². The van der Waals surface area contributed by atoms with E-state index in [-0.39, 0.29) is 22.2 Å². The molecule has 1 aliphatic heterocycles. The van der Waals surface area contributed by atoms with Crippen molar-refractivity contribution in [2.75, 3.05) is 18.8 Å². The van der Waals surface area contributed by atoms with Crippen LogP contribution >= 0.6 is 0 Å². The number of likely N-dealkylation sites (tertiary alicyclic amines) is 1. The number of hydrogen-bond donors (Lipinski definition) is 0. The summed E-state index contributed by atoms with van der Waals surface area (Å²) in [5, 5.41) is 3.90. The highest BCUT2D eigenvalue weighted by atomic mass is 32.2. The summed E-state index contributed by atoms with van der Waals surface area (Å²) in [7, 11) is -3.23. The van der Waals surface area contributed by atoms with Crippen LogP contribution in [0.3, 0.4) is 0 Å². The minimum absolute atomic E-state index is 0.0571. The average Bonchev–Trinajstić information content (AvgIpc) is 3.11. The van der Waals surface area contributed by atoms with Gasteiger partial charge in [0, 0.05) is 24.7 Å². The fourth-order valence-corrected chi connectivity index (χ4v) is 3.93. The van der Waals surface area contributed by atoms with Gasteiger partial charge in [-0.25, -0.2) is 8.42 Å². The number of sulfone groups is 1. The average molecular weight is 362 g/mol. The molecule has 1 aromatic carbocycles. The van der Waals surface area contributed by atoms with E-state index in [1.807, 2.05) is 4.90 Å². The lowest BCUT2D eigenvalue weighted by Crippen LogP contribution is -2.39. The zero-order valence-corrected chi connectivity index (χ0v) is 15.3. The van der Waals surface area contributed by atoms with Crippen molar-refractivity contribution in [3.05, 3.63) is 36.0 Å². The number of amides is 1. The Morgan fingerprint density at radius 1 is 1.32 bits per heavy atom. The van der Waals surface area contributed by atoms with Crippen molar-refractivity contribution in [3.8, 4) is 11.3 Å². The number of carbonyl (C=O) groups excluding carboxylic acids is 1. The number of rotatable bonds is 4. The van der Waals surface area contributed by atoms with Crippen LogP contribution in [0.15, 0.2) is 39.8 Å². The molecule has 6 nitrogen and oxygen atoms in total. The summed E-state index contributed by atoms with van der Waals surface area (Å²) in [5.74, 6) is 0.888. The lowest BCUT2D eigenvalue weighted by atomic mass is 10.00. The molecule has 25 heavy (non-hydrogen) atoms. The molecule has 2 aromatic rings. The Hall–Kier alpha value is -2.15. The smallest absolute Gasteiger partial charge is 0.276 e. The van der Waals surface area contributed by atoms with Crippen LogP contribution < -0.4 is 0 Å². The molecule has 0 saturated carbocycles. The first-order valence-corrected chi connectivity index (χ1v) is 10.1. The topological polar surface area (TPSA) is 80.5 Å². The second-order valence-corrected chi connectivity index (χ2v) is 8.78. The van der Waals surface area contributed by atoms with Crippen molar-refractivity contribution in [3.63, 3.8) is 0 Å². The summed E-state index contributed by atoms with van der Waals surface area (Å²) in [6, 6.07) is 8.04. The van der Waals surface area contributed by atoms with Crippen LogP contribution in [0.5, 0.6) is 0 Å². The first-order chi connectivity index (χ1) is 11.9. The minimum Gasteiger partial charge on any atom is -0.355 e. The third-order valence-corrected chi connectivity index (χ3v) is 6.30. The van der Waals surface area contributed by atoms with E-state index in [9.17, 15) is 13.2 Å². The van der Waals surface area contributed by atoms with Gasteiger partial charge in [-0.1, -0.05) is 19.0 Å². The van der Waals surface area contributed by atoms with Crippen LogP contribution in [0.4, 0.5) is 0 Å². The Bertz CT molecular complexity index is 855. The van der Waals surface area contributed by atoms with Crippen molar-refractivity contribution in [1.29, 1.82) is 0 Å². The highest BCUT2D eigenvalue weighted by Gasteiger charge is 2.24. The Labute approximate surface area is 147 Å². The summed E-state index contributed by atoms with van der Waals surface area (Å²) in [6.45, 7) is 5.23. The molecule has 0 aliphatic carbocycles. The van der Waals surface area contributed by atoms with Crippen LogP contribution in [0.2, 0.25) is 0 Å². The first kappa shape index (κ1) is 17.7. The van der Waals surface area contributed by atoms with Gasteiger partial charge in [0.15, 0.2) is 21.3 Å². The van der Waals surface area contributed by atoms with E-state index >= 15 is 0 Å². The van der Waals surface area contributed by atoms with E-state index in [0.717, 1.165) is 25.9 Å². The van der Waals surface area contributed by atoms with Gasteiger partial charge in [0.05, 0.1) is 10.6 Å². The maximum Gasteiger partial charge on any atom is 0.276 e. The normalized spacial score (nSPS) is 18.3. The standard InChI is InChI=1S/C18H22N2O4S/c1-3-25(22,23)15-8-6-14(7-9-15)17-11-16(19-24-17)18(21)20-10-4-5-13(2)12-20/h6-9,11,13H,3-5,10,12H2,1-2H3. The molecule has 1 atom stereocenters.